The summed E-state index contributed by atoms with van der Waals surface area (Å²) in [5.41, 5.74) is 3.44. The quantitative estimate of drug-likeness (QED) is 0.335. The Balaban J connectivity index is 1.89. The largest absolute Gasteiger partial charge is 0.322 e. The van der Waals surface area contributed by atoms with Crippen LogP contribution in [0.3, 0.4) is 0 Å². The van der Waals surface area contributed by atoms with Gasteiger partial charge in [-0.3, -0.25) is 4.79 Å². The molecule has 0 aliphatic heterocycles. The average Bonchev–Trinajstić information content (AvgIpc) is 2.77. The highest BCUT2D eigenvalue weighted by Gasteiger charge is 2.24. The number of amides is 1. The van der Waals surface area contributed by atoms with E-state index in [0.717, 1.165) is 32.4 Å². The van der Waals surface area contributed by atoms with Crippen LogP contribution < -0.4 is 5.32 Å². The van der Waals surface area contributed by atoms with Crippen molar-refractivity contribution in [3.05, 3.63) is 82.3 Å². The second-order valence-electron chi connectivity index (χ2n) is 6.71. The average molecular weight is 493 g/mol. The van der Waals surface area contributed by atoms with E-state index in [-0.39, 0.29) is 11.7 Å². The first-order valence-electron chi connectivity index (χ1n) is 9.43. The summed E-state index contributed by atoms with van der Waals surface area (Å²) < 4.78 is 13.2. The van der Waals surface area contributed by atoms with Crippen LogP contribution in [0.2, 0.25) is 5.02 Å². The number of aromatic nitrogens is 1. The van der Waals surface area contributed by atoms with E-state index in [0.29, 0.717) is 10.8 Å². The number of anilines is 1. The molecule has 3 aromatic rings. The summed E-state index contributed by atoms with van der Waals surface area (Å²) in [5.74, 6) is 0.158. The lowest BCUT2D eigenvalue weighted by atomic mass is 10.1. The van der Waals surface area contributed by atoms with Gasteiger partial charge in [0, 0.05) is 21.4 Å². The van der Waals surface area contributed by atoms with E-state index in [4.69, 9.17) is 11.6 Å². The summed E-state index contributed by atoms with van der Waals surface area (Å²) >= 11 is 10.6. The maximum absolute atomic E-state index is 13.4. The molecule has 1 amide bonds. The van der Waals surface area contributed by atoms with Crippen molar-refractivity contribution in [1.29, 1.82) is 0 Å². The van der Waals surface area contributed by atoms with Crippen LogP contribution >= 0.6 is 46.9 Å². The van der Waals surface area contributed by atoms with Crippen LogP contribution in [0.15, 0.2) is 64.5 Å². The Morgan fingerprint density at radius 3 is 2.39 bits per heavy atom. The standard InChI is InChI=1S/C23H22ClFN2OS3/c1-14-12-19(29-2)20(23(26-14)30-3)27-22(28)21(16-6-8-17(24)9-7-16)31-13-15-4-10-18(25)11-5-15/h4-12,21H,13H2,1-3H3,(H,27,28). The first-order chi connectivity index (χ1) is 14.9. The second-order valence-corrected chi connectivity index (χ2v) is 9.88. The number of pyridine rings is 1. The minimum Gasteiger partial charge on any atom is -0.322 e. The predicted octanol–water partition coefficient (Wildman–Crippen LogP) is 7.24. The lowest BCUT2D eigenvalue weighted by molar-refractivity contribution is -0.115. The van der Waals surface area contributed by atoms with E-state index in [1.807, 2.05) is 37.6 Å². The van der Waals surface area contributed by atoms with E-state index in [1.165, 1.54) is 35.7 Å². The third-order valence-electron chi connectivity index (χ3n) is 4.48. The van der Waals surface area contributed by atoms with Crippen LogP contribution in [-0.2, 0) is 10.5 Å². The van der Waals surface area contributed by atoms with Crippen molar-refractivity contribution < 1.29 is 9.18 Å². The number of carbonyl (C=O) groups excluding carboxylic acids is 1. The lowest BCUT2D eigenvalue weighted by Gasteiger charge is -2.20. The Morgan fingerprint density at radius 1 is 1.10 bits per heavy atom. The number of aryl methyl sites for hydroxylation is 1. The van der Waals surface area contributed by atoms with Gasteiger partial charge in [0.15, 0.2) is 0 Å². The fourth-order valence-corrected chi connectivity index (χ4v) is 5.49. The summed E-state index contributed by atoms with van der Waals surface area (Å²) in [7, 11) is 0. The molecule has 3 nitrogen and oxygen atoms in total. The Morgan fingerprint density at radius 2 is 1.77 bits per heavy atom. The fraction of sp³-hybridized carbons (Fsp3) is 0.217. The Hall–Kier alpha value is -1.67. The van der Waals surface area contributed by atoms with Crippen molar-refractivity contribution >= 4 is 58.5 Å². The molecule has 8 heteroatoms. The topological polar surface area (TPSA) is 42.0 Å². The minimum absolute atomic E-state index is 0.134. The number of hydrogen-bond donors (Lipinski definition) is 1. The summed E-state index contributed by atoms with van der Waals surface area (Å²) in [6.45, 7) is 1.94. The van der Waals surface area contributed by atoms with E-state index in [9.17, 15) is 9.18 Å². The van der Waals surface area contributed by atoms with Crippen molar-refractivity contribution in [1.82, 2.24) is 4.98 Å². The SMILES string of the molecule is CSc1cc(C)nc(SC)c1NC(=O)C(SCc1ccc(F)cc1)c1ccc(Cl)cc1. The number of hydrogen-bond acceptors (Lipinski definition) is 5. The van der Waals surface area contributed by atoms with Crippen LogP contribution in [-0.4, -0.2) is 23.4 Å². The van der Waals surface area contributed by atoms with Gasteiger partial charge < -0.3 is 5.32 Å². The zero-order valence-electron chi connectivity index (χ0n) is 17.3. The number of nitrogens with one attached hydrogen (secondary N) is 1. The van der Waals surface area contributed by atoms with Crippen molar-refractivity contribution in [3.8, 4) is 0 Å². The highest BCUT2D eigenvalue weighted by Crippen LogP contribution is 2.37. The van der Waals surface area contributed by atoms with E-state index < -0.39 is 5.25 Å². The highest BCUT2D eigenvalue weighted by atomic mass is 35.5. The fourth-order valence-electron chi connectivity index (χ4n) is 2.95. The van der Waals surface area contributed by atoms with Crippen molar-refractivity contribution in [2.24, 2.45) is 0 Å². The molecule has 2 aromatic carbocycles. The molecule has 3 rings (SSSR count). The molecule has 0 radical (unpaired) electrons. The van der Waals surface area contributed by atoms with Gasteiger partial charge in [0.25, 0.3) is 0 Å². The van der Waals surface area contributed by atoms with Crippen LogP contribution in [0.5, 0.6) is 0 Å². The zero-order valence-corrected chi connectivity index (χ0v) is 20.5. The molecular weight excluding hydrogens is 471 g/mol. The summed E-state index contributed by atoms with van der Waals surface area (Å²) in [4.78, 5) is 19.0. The van der Waals surface area contributed by atoms with Crippen LogP contribution in [0, 0.1) is 12.7 Å². The van der Waals surface area contributed by atoms with Crippen LogP contribution in [0.1, 0.15) is 22.1 Å². The molecule has 0 bridgehead atoms. The summed E-state index contributed by atoms with van der Waals surface area (Å²) in [5, 5.41) is 4.05. The summed E-state index contributed by atoms with van der Waals surface area (Å²) in [6.07, 6.45) is 3.93. The zero-order chi connectivity index (χ0) is 22.4. The molecule has 1 heterocycles. The number of benzene rings is 2. The van der Waals surface area contributed by atoms with Crippen molar-refractivity contribution in [3.63, 3.8) is 0 Å². The van der Waals surface area contributed by atoms with Gasteiger partial charge in [0.2, 0.25) is 5.91 Å². The van der Waals surface area contributed by atoms with Gasteiger partial charge in [0.05, 0.1) is 5.69 Å². The Labute approximate surface area is 200 Å². The first-order valence-corrected chi connectivity index (χ1v) is 13.3. The number of halogens is 2. The molecule has 0 aliphatic rings. The number of carbonyl (C=O) groups is 1. The van der Waals surface area contributed by atoms with Gasteiger partial charge in [0.1, 0.15) is 16.1 Å². The second kappa shape index (κ2) is 11.3. The van der Waals surface area contributed by atoms with E-state index >= 15 is 0 Å². The third kappa shape index (κ3) is 6.42. The van der Waals surface area contributed by atoms with Gasteiger partial charge in [-0.25, -0.2) is 9.37 Å². The maximum atomic E-state index is 13.4. The lowest BCUT2D eigenvalue weighted by Crippen LogP contribution is -2.20. The molecule has 0 saturated carbocycles. The molecule has 0 fully saturated rings. The smallest absolute Gasteiger partial charge is 0.242 e. The normalized spacial score (nSPS) is 11.9. The number of nitrogens with zero attached hydrogens (tertiary/aromatic N) is 1. The van der Waals surface area contributed by atoms with Crippen molar-refractivity contribution in [2.45, 2.75) is 27.8 Å². The third-order valence-corrected chi connectivity index (χ3v) is 7.50. The molecule has 0 aliphatic carbocycles. The molecule has 1 unspecified atom stereocenters. The predicted molar refractivity (Wildman–Crippen MR) is 133 cm³/mol. The van der Waals surface area contributed by atoms with Gasteiger partial charge in [-0.2, -0.15) is 0 Å². The molecule has 0 spiro atoms. The number of thioether (sulfide) groups is 3. The van der Waals surface area contributed by atoms with Gasteiger partial charge in [-0.05, 0) is 60.9 Å². The Bertz CT molecular complexity index is 1020. The highest BCUT2D eigenvalue weighted by molar-refractivity contribution is 8.00. The van der Waals surface area contributed by atoms with Crippen LogP contribution in [0.25, 0.3) is 0 Å². The molecule has 1 aromatic heterocycles. The summed E-state index contributed by atoms with van der Waals surface area (Å²) in [6, 6.07) is 15.6. The Kier molecular flexibility index (Phi) is 8.72. The van der Waals surface area contributed by atoms with E-state index in [1.54, 1.807) is 36.0 Å². The molecule has 1 atom stereocenters. The van der Waals surface area contributed by atoms with Crippen molar-refractivity contribution in [2.75, 3.05) is 17.8 Å². The van der Waals surface area contributed by atoms with Gasteiger partial charge >= 0.3 is 0 Å². The van der Waals surface area contributed by atoms with Gasteiger partial charge in [-0.15, -0.1) is 35.3 Å². The maximum Gasteiger partial charge on any atom is 0.242 e. The molecular formula is C23H22ClFN2OS3. The monoisotopic (exact) mass is 492 g/mol. The molecule has 0 saturated heterocycles. The van der Waals surface area contributed by atoms with Crippen LogP contribution in [0.4, 0.5) is 10.1 Å². The first kappa shape index (κ1) is 24.0. The van der Waals surface area contributed by atoms with E-state index in [2.05, 4.69) is 10.3 Å². The molecule has 1 N–H and O–H groups in total. The molecule has 31 heavy (non-hydrogen) atoms. The minimum atomic E-state index is -0.465. The van der Waals surface area contributed by atoms with Gasteiger partial charge in [-0.1, -0.05) is 35.9 Å². The number of rotatable bonds is 8. The molecule has 162 valence electrons.